The van der Waals surface area contributed by atoms with Crippen LogP contribution in [0.4, 0.5) is 0 Å². The molecule has 5 rings (SSSR count). The molecule has 0 saturated carbocycles. The van der Waals surface area contributed by atoms with Gasteiger partial charge in [-0.05, 0) is 30.7 Å². The third-order valence-electron chi connectivity index (χ3n) is 5.24. The lowest BCUT2D eigenvalue weighted by Crippen LogP contribution is -2.29. The van der Waals surface area contributed by atoms with E-state index < -0.39 is 0 Å². The fourth-order valence-corrected chi connectivity index (χ4v) is 3.82. The lowest BCUT2D eigenvalue weighted by molar-refractivity contribution is 0.0787. The van der Waals surface area contributed by atoms with Crippen LogP contribution in [0.3, 0.4) is 0 Å². The minimum atomic E-state index is -0.0371. The first-order valence-electron chi connectivity index (χ1n) is 9.39. The van der Waals surface area contributed by atoms with E-state index in [0.717, 1.165) is 29.0 Å². The Morgan fingerprint density at radius 3 is 2.93 bits per heavy atom. The van der Waals surface area contributed by atoms with Gasteiger partial charge in [0.25, 0.3) is 5.91 Å². The van der Waals surface area contributed by atoms with E-state index in [4.69, 9.17) is 14.1 Å². The number of furan rings is 1. The van der Waals surface area contributed by atoms with Gasteiger partial charge in [-0.25, -0.2) is 15.0 Å². The second kappa shape index (κ2) is 7.05. The fourth-order valence-electron chi connectivity index (χ4n) is 3.82. The third kappa shape index (κ3) is 3.02. The average Bonchev–Trinajstić information content (AvgIpc) is 3.52. The van der Waals surface area contributed by atoms with Crippen molar-refractivity contribution in [2.45, 2.75) is 12.5 Å². The van der Waals surface area contributed by atoms with Crippen molar-refractivity contribution in [1.29, 1.82) is 0 Å². The molecule has 0 N–H and O–H groups in total. The second-order valence-corrected chi connectivity index (χ2v) is 6.95. The van der Waals surface area contributed by atoms with E-state index in [-0.39, 0.29) is 11.9 Å². The summed E-state index contributed by atoms with van der Waals surface area (Å²) < 4.78 is 12.5. The number of rotatable bonds is 4. The smallest absolute Gasteiger partial charge is 0.255 e. The molecule has 5 heterocycles. The van der Waals surface area contributed by atoms with Gasteiger partial charge in [0.1, 0.15) is 17.6 Å². The number of hydrogen-bond donors (Lipinski definition) is 0. The molecule has 1 aliphatic heterocycles. The molecule has 0 radical (unpaired) electrons. The zero-order valence-electron chi connectivity index (χ0n) is 15.9. The lowest BCUT2D eigenvalue weighted by atomic mass is 10.2. The Morgan fingerprint density at radius 1 is 1.24 bits per heavy atom. The number of carbonyl (C=O) groups excluding carboxylic acids is 1. The molecule has 4 aromatic heterocycles. The molecular weight excluding hydrogens is 370 g/mol. The van der Waals surface area contributed by atoms with E-state index in [1.165, 1.54) is 0 Å². The van der Waals surface area contributed by atoms with Crippen LogP contribution in [0.5, 0.6) is 5.88 Å². The molecule has 0 bridgehead atoms. The summed E-state index contributed by atoms with van der Waals surface area (Å²) >= 11 is 0. The normalized spacial score (nSPS) is 16.4. The summed E-state index contributed by atoms with van der Waals surface area (Å²) in [5, 5.41) is 0. The first kappa shape index (κ1) is 17.4. The number of pyridine rings is 2. The topological polar surface area (TPSA) is 86.3 Å². The lowest BCUT2D eigenvalue weighted by Gasteiger charge is -2.18. The molecule has 1 fully saturated rings. The van der Waals surface area contributed by atoms with Crippen LogP contribution in [0.25, 0.3) is 22.6 Å². The highest BCUT2D eigenvalue weighted by Crippen LogP contribution is 2.32. The predicted octanol–water partition coefficient (Wildman–Crippen LogP) is 3.18. The first-order chi connectivity index (χ1) is 14.2. The quantitative estimate of drug-likeness (QED) is 0.533. The minimum Gasteiger partial charge on any atom is -0.481 e. The van der Waals surface area contributed by atoms with Gasteiger partial charge in [0.05, 0.1) is 30.5 Å². The Kier molecular flexibility index (Phi) is 4.23. The Labute approximate surface area is 166 Å². The van der Waals surface area contributed by atoms with E-state index >= 15 is 0 Å². The number of nitrogens with zero attached hydrogens (tertiary/aromatic N) is 5. The number of ether oxygens (including phenoxy) is 1. The maximum Gasteiger partial charge on any atom is 0.255 e. The molecule has 29 heavy (non-hydrogen) atoms. The zero-order valence-corrected chi connectivity index (χ0v) is 15.9. The van der Waals surface area contributed by atoms with Crippen molar-refractivity contribution in [2.75, 3.05) is 20.2 Å². The van der Waals surface area contributed by atoms with Crippen LogP contribution >= 0.6 is 0 Å². The first-order valence-corrected chi connectivity index (χ1v) is 9.39. The van der Waals surface area contributed by atoms with E-state index in [2.05, 4.69) is 14.5 Å². The van der Waals surface area contributed by atoms with Gasteiger partial charge in [-0.1, -0.05) is 0 Å². The molecule has 0 aliphatic carbocycles. The van der Waals surface area contributed by atoms with Crippen LogP contribution < -0.4 is 4.74 Å². The molecule has 1 amide bonds. The standard InChI is InChI=1S/C21H19N5O3/c1-28-18-5-4-14(11-23-18)21(27)25-9-6-16(12-25)26-19(15-7-10-29-13-15)24-17-3-2-8-22-20(17)26/h2-5,7-8,10-11,13,16H,6,9,12H2,1H3/t16-/m1/s1. The van der Waals surface area contributed by atoms with Gasteiger partial charge < -0.3 is 18.6 Å². The Bertz CT molecular complexity index is 1150. The van der Waals surface area contributed by atoms with Crippen molar-refractivity contribution in [3.63, 3.8) is 0 Å². The Morgan fingerprint density at radius 2 is 2.17 bits per heavy atom. The molecule has 146 valence electrons. The maximum absolute atomic E-state index is 12.9. The zero-order chi connectivity index (χ0) is 19.8. The highest BCUT2D eigenvalue weighted by molar-refractivity contribution is 5.94. The number of fused-ring (bicyclic) bond motifs is 1. The van der Waals surface area contributed by atoms with E-state index in [0.29, 0.717) is 24.5 Å². The number of imidazole rings is 1. The molecule has 8 nitrogen and oxygen atoms in total. The van der Waals surface area contributed by atoms with Gasteiger partial charge >= 0.3 is 0 Å². The van der Waals surface area contributed by atoms with Crippen LogP contribution in [0.2, 0.25) is 0 Å². The number of likely N-dealkylation sites (tertiary alicyclic amines) is 1. The summed E-state index contributed by atoms with van der Waals surface area (Å²) in [5.74, 6) is 1.25. The SMILES string of the molecule is COc1ccc(C(=O)N2CC[C@@H](n3c(-c4ccoc4)nc4cccnc43)C2)cn1. The second-order valence-electron chi connectivity index (χ2n) is 6.95. The molecule has 1 aliphatic rings. The molecule has 1 saturated heterocycles. The Hall–Kier alpha value is -3.68. The Balaban J connectivity index is 1.46. The molecule has 0 aromatic carbocycles. The highest BCUT2D eigenvalue weighted by atomic mass is 16.5. The highest BCUT2D eigenvalue weighted by Gasteiger charge is 2.31. The average molecular weight is 389 g/mol. The summed E-state index contributed by atoms with van der Waals surface area (Å²) in [6.07, 6.45) is 7.45. The van der Waals surface area contributed by atoms with Gasteiger partial charge in [0, 0.05) is 31.5 Å². The predicted molar refractivity (Wildman–Crippen MR) is 106 cm³/mol. The number of amides is 1. The van der Waals surface area contributed by atoms with Crippen molar-refractivity contribution in [1.82, 2.24) is 24.4 Å². The number of carbonyl (C=O) groups is 1. The van der Waals surface area contributed by atoms with Crippen molar-refractivity contribution in [2.24, 2.45) is 0 Å². The summed E-state index contributed by atoms with van der Waals surface area (Å²) in [4.78, 5) is 28.2. The monoisotopic (exact) mass is 389 g/mol. The molecule has 4 aromatic rings. The van der Waals surface area contributed by atoms with Crippen LogP contribution in [0, 0.1) is 0 Å². The molecule has 8 heteroatoms. The van der Waals surface area contributed by atoms with Crippen molar-refractivity contribution < 1.29 is 13.9 Å². The number of methoxy groups -OCH3 is 1. The van der Waals surface area contributed by atoms with Gasteiger partial charge in [-0.3, -0.25) is 4.79 Å². The van der Waals surface area contributed by atoms with Gasteiger partial charge in [0.2, 0.25) is 5.88 Å². The van der Waals surface area contributed by atoms with Crippen molar-refractivity contribution >= 4 is 17.1 Å². The molecule has 1 atom stereocenters. The molecular formula is C21H19N5O3. The van der Waals surface area contributed by atoms with Crippen LogP contribution in [0.1, 0.15) is 22.8 Å². The van der Waals surface area contributed by atoms with Crippen molar-refractivity contribution in [3.8, 4) is 17.3 Å². The van der Waals surface area contributed by atoms with E-state index in [9.17, 15) is 4.79 Å². The molecule has 0 unspecified atom stereocenters. The minimum absolute atomic E-state index is 0.0371. The van der Waals surface area contributed by atoms with E-state index in [1.54, 1.807) is 44.2 Å². The van der Waals surface area contributed by atoms with Crippen LogP contribution in [-0.4, -0.2) is 50.5 Å². The largest absolute Gasteiger partial charge is 0.481 e. The van der Waals surface area contributed by atoms with Crippen LogP contribution in [-0.2, 0) is 0 Å². The fraction of sp³-hybridized carbons (Fsp3) is 0.238. The summed E-state index contributed by atoms with van der Waals surface area (Å²) in [6, 6.07) is 9.23. The summed E-state index contributed by atoms with van der Waals surface area (Å²) in [5.41, 5.74) is 3.09. The third-order valence-corrected chi connectivity index (χ3v) is 5.24. The van der Waals surface area contributed by atoms with Crippen LogP contribution in [0.15, 0.2) is 59.7 Å². The molecule has 0 spiro atoms. The summed E-state index contributed by atoms with van der Waals surface area (Å²) in [6.45, 7) is 1.24. The maximum atomic E-state index is 12.9. The van der Waals surface area contributed by atoms with E-state index in [1.807, 2.05) is 23.1 Å². The summed E-state index contributed by atoms with van der Waals surface area (Å²) in [7, 11) is 1.55. The van der Waals surface area contributed by atoms with Crippen molar-refractivity contribution in [3.05, 3.63) is 60.8 Å². The number of aromatic nitrogens is 4. The van der Waals surface area contributed by atoms with Gasteiger partial charge in [-0.15, -0.1) is 0 Å². The van der Waals surface area contributed by atoms with Gasteiger partial charge in [0.15, 0.2) is 5.65 Å². The number of hydrogen-bond acceptors (Lipinski definition) is 6. The van der Waals surface area contributed by atoms with Gasteiger partial charge in [-0.2, -0.15) is 0 Å².